The van der Waals surface area contributed by atoms with Gasteiger partial charge < -0.3 is 9.15 Å². The van der Waals surface area contributed by atoms with E-state index >= 15 is 0 Å². The van der Waals surface area contributed by atoms with E-state index in [1.165, 1.54) is 18.2 Å². The Balaban J connectivity index is 2.04. The van der Waals surface area contributed by atoms with Gasteiger partial charge in [-0.25, -0.2) is 4.39 Å². The van der Waals surface area contributed by atoms with Gasteiger partial charge in [0.2, 0.25) is 0 Å². The molecule has 0 aliphatic rings. The first kappa shape index (κ1) is 11.9. The minimum Gasteiger partial charge on any atom is -0.483 e. The van der Waals surface area contributed by atoms with E-state index in [1.54, 1.807) is 12.1 Å². The Morgan fingerprint density at radius 1 is 1.35 bits per heavy atom. The van der Waals surface area contributed by atoms with Crippen LogP contribution < -0.4 is 4.74 Å². The number of carbonyl (C=O) groups is 1. The van der Waals surface area contributed by atoms with Crippen molar-refractivity contribution in [2.45, 2.75) is 6.61 Å². The topological polar surface area (TPSA) is 39.4 Å². The van der Waals surface area contributed by atoms with Crippen LogP contribution in [0.1, 0.15) is 16.3 Å². The molecule has 0 fully saturated rings. The summed E-state index contributed by atoms with van der Waals surface area (Å²) in [7, 11) is 0. The lowest BCUT2D eigenvalue weighted by molar-refractivity contribution is 0.109. The van der Waals surface area contributed by atoms with E-state index in [0.29, 0.717) is 16.5 Å². The number of aldehydes is 1. The van der Waals surface area contributed by atoms with Crippen molar-refractivity contribution in [2.75, 3.05) is 0 Å². The largest absolute Gasteiger partial charge is 0.483 e. The second kappa shape index (κ2) is 5.14. The lowest BCUT2D eigenvalue weighted by atomic mass is 10.3. The highest BCUT2D eigenvalue weighted by atomic mass is 79.9. The van der Waals surface area contributed by atoms with E-state index in [9.17, 15) is 9.18 Å². The predicted molar refractivity (Wildman–Crippen MR) is 62.5 cm³/mol. The van der Waals surface area contributed by atoms with Gasteiger partial charge >= 0.3 is 0 Å². The van der Waals surface area contributed by atoms with Crippen LogP contribution in [-0.4, -0.2) is 6.29 Å². The normalized spacial score (nSPS) is 10.2. The predicted octanol–water partition coefficient (Wildman–Crippen LogP) is 3.57. The lowest BCUT2D eigenvalue weighted by Gasteiger charge is -2.05. The Hall–Kier alpha value is -1.62. The molecule has 0 saturated carbocycles. The molecule has 0 aliphatic heterocycles. The van der Waals surface area contributed by atoms with Crippen molar-refractivity contribution in [1.82, 2.24) is 0 Å². The highest BCUT2D eigenvalue weighted by Crippen LogP contribution is 2.22. The maximum atomic E-state index is 13.4. The third-order valence-corrected chi connectivity index (χ3v) is 2.56. The van der Waals surface area contributed by atoms with E-state index in [1.807, 2.05) is 0 Å². The summed E-state index contributed by atoms with van der Waals surface area (Å²) in [6.45, 7) is 0.0758. The number of carbonyl (C=O) groups excluding carboxylic acids is 1. The third-order valence-electron chi connectivity index (χ3n) is 2.06. The quantitative estimate of drug-likeness (QED) is 0.810. The zero-order chi connectivity index (χ0) is 12.3. The number of hydrogen-bond donors (Lipinski definition) is 0. The highest BCUT2D eigenvalue weighted by Gasteiger charge is 2.06. The minimum absolute atomic E-state index is 0.0758. The SMILES string of the molecule is O=Cc1ccc(COc2ccc(Br)cc2F)o1. The van der Waals surface area contributed by atoms with Crippen molar-refractivity contribution >= 4 is 22.2 Å². The molecule has 0 spiro atoms. The van der Waals surface area contributed by atoms with Crippen molar-refractivity contribution in [3.63, 3.8) is 0 Å². The van der Waals surface area contributed by atoms with Crippen LogP contribution in [-0.2, 0) is 6.61 Å². The molecule has 1 heterocycles. The summed E-state index contributed by atoms with van der Waals surface area (Å²) in [6, 6.07) is 7.65. The molecule has 88 valence electrons. The molecule has 0 atom stereocenters. The fraction of sp³-hybridized carbons (Fsp3) is 0.0833. The highest BCUT2D eigenvalue weighted by molar-refractivity contribution is 9.10. The van der Waals surface area contributed by atoms with Gasteiger partial charge in [-0.05, 0) is 30.3 Å². The Bertz CT molecular complexity index is 536. The first-order chi connectivity index (χ1) is 8.19. The fourth-order valence-corrected chi connectivity index (χ4v) is 1.61. The molecule has 0 saturated heterocycles. The van der Waals surface area contributed by atoms with Gasteiger partial charge in [0.1, 0.15) is 12.4 Å². The van der Waals surface area contributed by atoms with Gasteiger partial charge in [0.05, 0.1) is 0 Å². The molecule has 2 rings (SSSR count). The summed E-state index contributed by atoms with van der Waals surface area (Å²) >= 11 is 3.15. The Labute approximate surface area is 105 Å². The van der Waals surface area contributed by atoms with Crippen LogP contribution in [0.5, 0.6) is 5.75 Å². The molecule has 0 N–H and O–H groups in total. The summed E-state index contributed by atoms with van der Waals surface area (Å²) in [5.74, 6) is 0.369. The molecule has 0 radical (unpaired) electrons. The Kier molecular flexibility index (Phi) is 3.58. The van der Waals surface area contributed by atoms with Crippen LogP contribution in [0.3, 0.4) is 0 Å². The summed E-state index contributed by atoms with van der Waals surface area (Å²) in [6.07, 6.45) is 0.601. The monoisotopic (exact) mass is 298 g/mol. The Morgan fingerprint density at radius 3 is 2.82 bits per heavy atom. The molecule has 1 aromatic carbocycles. The zero-order valence-electron chi connectivity index (χ0n) is 8.65. The van der Waals surface area contributed by atoms with Crippen molar-refractivity contribution in [2.24, 2.45) is 0 Å². The van der Waals surface area contributed by atoms with Crippen LogP contribution >= 0.6 is 15.9 Å². The molecule has 0 amide bonds. The Morgan fingerprint density at radius 2 is 2.18 bits per heavy atom. The lowest BCUT2D eigenvalue weighted by Crippen LogP contribution is -1.96. The van der Waals surface area contributed by atoms with Crippen LogP contribution in [0, 0.1) is 5.82 Å². The van der Waals surface area contributed by atoms with Gasteiger partial charge in [0.25, 0.3) is 0 Å². The molecule has 1 aromatic heterocycles. The summed E-state index contributed by atoms with van der Waals surface area (Å²) < 4.78 is 24.3. The summed E-state index contributed by atoms with van der Waals surface area (Å²) in [5, 5.41) is 0. The standard InChI is InChI=1S/C12H8BrFO3/c13-8-1-4-12(11(14)5-8)16-7-10-3-2-9(6-15)17-10/h1-6H,7H2. The minimum atomic E-state index is -0.457. The summed E-state index contributed by atoms with van der Waals surface area (Å²) in [5.41, 5.74) is 0. The van der Waals surface area contributed by atoms with Crippen LogP contribution in [0.25, 0.3) is 0 Å². The first-order valence-electron chi connectivity index (χ1n) is 4.81. The second-order valence-corrected chi connectivity index (χ2v) is 4.20. The fourth-order valence-electron chi connectivity index (χ4n) is 1.28. The summed E-state index contributed by atoms with van der Waals surface area (Å²) in [4.78, 5) is 10.4. The van der Waals surface area contributed by atoms with E-state index < -0.39 is 5.82 Å². The van der Waals surface area contributed by atoms with E-state index in [4.69, 9.17) is 9.15 Å². The number of benzene rings is 1. The molecule has 17 heavy (non-hydrogen) atoms. The average molecular weight is 299 g/mol. The molecule has 2 aromatic rings. The number of halogens is 2. The third kappa shape index (κ3) is 2.94. The zero-order valence-corrected chi connectivity index (χ0v) is 10.2. The molecule has 0 aliphatic carbocycles. The maximum Gasteiger partial charge on any atom is 0.185 e. The van der Waals surface area contributed by atoms with Crippen molar-refractivity contribution in [1.29, 1.82) is 0 Å². The maximum absolute atomic E-state index is 13.4. The van der Waals surface area contributed by atoms with E-state index in [0.717, 1.165) is 0 Å². The number of furan rings is 1. The van der Waals surface area contributed by atoms with Gasteiger partial charge in [-0.3, -0.25) is 4.79 Å². The molecule has 0 unspecified atom stereocenters. The smallest absolute Gasteiger partial charge is 0.185 e. The molecule has 3 nitrogen and oxygen atoms in total. The van der Waals surface area contributed by atoms with Crippen LogP contribution in [0.4, 0.5) is 4.39 Å². The average Bonchev–Trinajstić information content (AvgIpc) is 2.76. The van der Waals surface area contributed by atoms with Crippen LogP contribution in [0.2, 0.25) is 0 Å². The van der Waals surface area contributed by atoms with Gasteiger partial charge in [0, 0.05) is 4.47 Å². The molecular formula is C12H8BrFO3. The van der Waals surface area contributed by atoms with Crippen molar-refractivity contribution < 1.29 is 18.3 Å². The van der Waals surface area contributed by atoms with Gasteiger partial charge in [-0.1, -0.05) is 15.9 Å². The van der Waals surface area contributed by atoms with Crippen molar-refractivity contribution in [3.8, 4) is 5.75 Å². The number of hydrogen-bond acceptors (Lipinski definition) is 3. The van der Waals surface area contributed by atoms with Gasteiger partial charge in [0.15, 0.2) is 23.6 Å². The van der Waals surface area contributed by atoms with E-state index in [-0.39, 0.29) is 18.1 Å². The molecular weight excluding hydrogens is 291 g/mol. The van der Waals surface area contributed by atoms with Crippen LogP contribution in [0.15, 0.2) is 39.2 Å². The number of ether oxygens (including phenoxy) is 1. The first-order valence-corrected chi connectivity index (χ1v) is 5.60. The second-order valence-electron chi connectivity index (χ2n) is 3.29. The van der Waals surface area contributed by atoms with Gasteiger partial charge in [-0.2, -0.15) is 0 Å². The van der Waals surface area contributed by atoms with Crippen molar-refractivity contribution in [3.05, 3.63) is 52.1 Å². The van der Waals surface area contributed by atoms with E-state index in [2.05, 4.69) is 15.9 Å². The number of rotatable bonds is 4. The van der Waals surface area contributed by atoms with Gasteiger partial charge in [-0.15, -0.1) is 0 Å². The molecule has 5 heteroatoms. The molecule has 0 bridgehead atoms.